The fraction of sp³-hybridized carbons (Fsp3) is 0.538. The molecule has 1 aliphatic heterocycles. The quantitative estimate of drug-likeness (QED) is 0.906. The lowest BCUT2D eigenvalue weighted by molar-refractivity contribution is 0.324. The lowest BCUT2D eigenvalue weighted by Gasteiger charge is -2.25. The summed E-state index contributed by atoms with van der Waals surface area (Å²) in [7, 11) is 0. The van der Waals surface area contributed by atoms with Crippen molar-refractivity contribution in [2.75, 3.05) is 13.2 Å². The van der Waals surface area contributed by atoms with Crippen LogP contribution in [0.4, 0.5) is 0 Å². The number of rotatable bonds is 3. The van der Waals surface area contributed by atoms with Gasteiger partial charge in [0.2, 0.25) is 0 Å². The molecule has 2 rings (SSSR count). The number of hydrogen-bond acceptors (Lipinski definition) is 2. The highest BCUT2D eigenvalue weighted by molar-refractivity contribution is 9.10. The molecule has 0 unspecified atom stereocenters. The Bertz CT molecular complexity index is 353. The smallest absolute Gasteiger partial charge is 0.124 e. The Labute approximate surface area is 118 Å². The molecule has 1 aromatic carbocycles. The Morgan fingerprint density at radius 1 is 1.41 bits per heavy atom. The first-order valence-corrected chi connectivity index (χ1v) is 6.76. The van der Waals surface area contributed by atoms with E-state index < -0.39 is 0 Å². The second-order valence-corrected chi connectivity index (χ2v) is 5.03. The van der Waals surface area contributed by atoms with E-state index in [1.54, 1.807) is 0 Å². The van der Waals surface area contributed by atoms with Crippen molar-refractivity contribution in [3.63, 3.8) is 0 Å². The lowest BCUT2D eigenvalue weighted by Crippen LogP contribution is -2.27. The molecule has 0 spiro atoms. The van der Waals surface area contributed by atoms with Gasteiger partial charge in [-0.1, -0.05) is 22.4 Å². The number of piperidine rings is 1. The molecule has 0 amide bonds. The van der Waals surface area contributed by atoms with Gasteiger partial charge in [-0.25, -0.2) is 0 Å². The largest absolute Gasteiger partial charge is 0.494 e. The number of benzene rings is 1. The molecule has 17 heavy (non-hydrogen) atoms. The third-order valence-electron chi connectivity index (χ3n) is 2.96. The second-order valence-electron chi connectivity index (χ2n) is 4.12. The van der Waals surface area contributed by atoms with Crippen LogP contribution in [0, 0.1) is 0 Å². The molecule has 0 saturated carbocycles. The molecule has 0 aliphatic carbocycles. The van der Waals surface area contributed by atoms with E-state index in [2.05, 4.69) is 33.4 Å². The van der Waals surface area contributed by atoms with E-state index in [0.717, 1.165) is 23.4 Å². The van der Waals surface area contributed by atoms with Crippen molar-refractivity contribution in [1.29, 1.82) is 0 Å². The van der Waals surface area contributed by atoms with E-state index in [4.69, 9.17) is 4.74 Å². The van der Waals surface area contributed by atoms with Crippen molar-refractivity contribution >= 4 is 28.3 Å². The topological polar surface area (TPSA) is 21.3 Å². The van der Waals surface area contributed by atoms with Crippen LogP contribution in [-0.2, 0) is 0 Å². The highest BCUT2D eigenvalue weighted by atomic mass is 79.9. The van der Waals surface area contributed by atoms with Gasteiger partial charge in [-0.2, -0.15) is 0 Å². The van der Waals surface area contributed by atoms with Gasteiger partial charge >= 0.3 is 0 Å². The molecule has 1 fully saturated rings. The molecule has 4 heteroatoms. The summed E-state index contributed by atoms with van der Waals surface area (Å²) in [6.07, 6.45) is 3.79. The average molecular weight is 321 g/mol. The molecule has 1 atom stereocenters. The van der Waals surface area contributed by atoms with Crippen LogP contribution in [0.2, 0.25) is 0 Å². The van der Waals surface area contributed by atoms with Gasteiger partial charge in [0.1, 0.15) is 5.75 Å². The molecule has 1 saturated heterocycles. The third-order valence-corrected chi connectivity index (χ3v) is 3.45. The molecular weight excluding hydrogens is 302 g/mol. The summed E-state index contributed by atoms with van der Waals surface area (Å²) >= 11 is 3.53. The van der Waals surface area contributed by atoms with Crippen LogP contribution in [0.3, 0.4) is 0 Å². The molecule has 0 aromatic heterocycles. The highest BCUT2D eigenvalue weighted by Crippen LogP contribution is 2.32. The number of hydrogen-bond donors (Lipinski definition) is 1. The van der Waals surface area contributed by atoms with Crippen LogP contribution < -0.4 is 10.1 Å². The first-order valence-electron chi connectivity index (χ1n) is 5.97. The fourth-order valence-electron chi connectivity index (χ4n) is 2.20. The van der Waals surface area contributed by atoms with Crippen molar-refractivity contribution in [3.05, 3.63) is 28.2 Å². The summed E-state index contributed by atoms with van der Waals surface area (Å²) in [4.78, 5) is 0. The zero-order chi connectivity index (χ0) is 11.4. The third kappa shape index (κ3) is 3.87. The lowest BCUT2D eigenvalue weighted by atomic mass is 9.97. The van der Waals surface area contributed by atoms with Crippen LogP contribution in [-0.4, -0.2) is 13.2 Å². The fourth-order valence-corrected chi connectivity index (χ4v) is 2.57. The average Bonchev–Trinajstić information content (AvgIpc) is 2.33. The predicted molar refractivity (Wildman–Crippen MR) is 77.2 cm³/mol. The Morgan fingerprint density at radius 3 is 2.88 bits per heavy atom. The Kier molecular flexibility index (Phi) is 6.31. The first kappa shape index (κ1) is 14.8. The minimum Gasteiger partial charge on any atom is -0.494 e. The van der Waals surface area contributed by atoms with E-state index in [1.165, 1.54) is 24.8 Å². The van der Waals surface area contributed by atoms with Gasteiger partial charge in [-0.05, 0) is 44.5 Å². The van der Waals surface area contributed by atoms with Crippen LogP contribution in [0.15, 0.2) is 22.7 Å². The van der Waals surface area contributed by atoms with E-state index in [0.29, 0.717) is 6.04 Å². The SMILES string of the molecule is CCOc1ccc(Br)cc1[C@@H]1CCCCN1.Cl. The molecule has 96 valence electrons. The predicted octanol–water partition coefficient (Wildman–Crippen LogP) is 4.08. The molecule has 1 aliphatic rings. The van der Waals surface area contributed by atoms with Crippen molar-refractivity contribution in [1.82, 2.24) is 5.32 Å². The molecule has 0 radical (unpaired) electrons. The van der Waals surface area contributed by atoms with Crippen molar-refractivity contribution < 1.29 is 4.74 Å². The Balaban J connectivity index is 0.00000144. The summed E-state index contributed by atoms with van der Waals surface area (Å²) in [5, 5.41) is 3.56. The molecule has 2 nitrogen and oxygen atoms in total. The molecule has 1 aromatic rings. The summed E-state index contributed by atoms with van der Waals surface area (Å²) in [6, 6.07) is 6.72. The number of nitrogens with one attached hydrogen (secondary N) is 1. The summed E-state index contributed by atoms with van der Waals surface area (Å²) in [5.74, 6) is 1.02. The monoisotopic (exact) mass is 319 g/mol. The molecule has 1 N–H and O–H groups in total. The van der Waals surface area contributed by atoms with Crippen LogP contribution >= 0.6 is 28.3 Å². The second kappa shape index (κ2) is 7.24. The van der Waals surface area contributed by atoms with Crippen LogP contribution in [0.5, 0.6) is 5.75 Å². The number of halogens is 2. The zero-order valence-electron chi connectivity index (χ0n) is 10.0. The maximum Gasteiger partial charge on any atom is 0.124 e. The van der Waals surface area contributed by atoms with E-state index in [-0.39, 0.29) is 12.4 Å². The normalized spacial score (nSPS) is 19.5. The van der Waals surface area contributed by atoms with Gasteiger partial charge in [0.05, 0.1) is 6.61 Å². The van der Waals surface area contributed by atoms with Gasteiger partial charge < -0.3 is 10.1 Å². The standard InChI is InChI=1S/C13H18BrNO.ClH/c1-2-16-13-7-6-10(14)9-11(13)12-5-3-4-8-15-12;/h6-7,9,12,15H,2-5,8H2,1H3;1H/t12-;/m0./s1. The van der Waals surface area contributed by atoms with Crippen molar-refractivity contribution in [2.45, 2.75) is 32.2 Å². The van der Waals surface area contributed by atoms with Gasteiger partial charge in [-0.3, -0.25) is 0 Å². The van der Waals surface area contributed by atoms with E-state index >= 15 is 0 Å². The maximum absolute atomic E-state index is 5.68. The Hall–Kier alpha value is -0.250. The summed E-state index contributed by atoms with van der Waals surface area (Å²) in [6.45, 7) is 3.87. The van der Waals surface area contributed by atoms with Crippen molar-refractivity contribution in [3.8, 4) is 5.75 Å². The van der Waals surface area contributed by atoms with Crippen LogP contribution in [0.25, 0.3) is 0 Å². The number of ether oxygens (including phenoxy) is 1. The van der Waals surface area contributed by atoms with Gasteiger partial charge in [0.15, 0.2) is 0 Å². The van der Waals surface area contributed by atoms with Gasteiger partial charge in [-0.15, -0.1) is 12.4 Å². The molecular formula is C13H19BrClNO. The summed E-state index contributed by atoms with van der Waals surface area (Å²) in [5.41, 5.74) is 1.29. The van der Waals surface area contributed by atoms with Crippen molar-refractivity contribution in [2.24, 2.45) is 0 Å². The van der Waals surface area contributed by atoms with E-state index in [9.17, 15) is 0 Å². The van der Waals surface area contributed by atoms with Crippen LogP contribution in [0.1, 0.15) is 37.8 Å². The first-order chi connectivity index (χ1) is 7.81. The molecule has 0 bridgehead atoms. The molecule has 1 heterocycles. The Morgan fingerprint density at radius 2 is 2.24 bits per heavy atom. The zero-order valence-corrected chi connectivity index (χ0v) is 12.4. The summed E-state index contributed by atoms with van der Waals surface area (Å²) < 4.78 is 6.81. The van der Waals surface area contributed by atoms with Gasteiger partial charge in [0, 0.05) is 16.1 Å². The van der Waals surface area contributed by atoms with E-state index in [1.807, 2.05) is 13.0 Å². The maximum atomic E-state index is 5.68. The highest BCUT2D eigenvalue weighted by Gasteiger charge is 2.18. The minimum absolute atomic E-state index is 0. The minimum atomic E-state index is 0. The van der Waals surface area contributed by atoms with Gasteiger partial charge in [0.25, 0.3) is 0 Å².